The van der Waals surface area contributed by atoms with Crippen molar-refractivity contribution < 1.29 is 0 Å². The smallest absolute Gasteiger partial charge is 0.0475 e. The lowest BCUT2D eigenvalue weighted by Crippen LogP contribution is -2.32. The molecule has 0 nitrogen and oxygen atoms in total. The number of hydrogen-bond donors (Lipinski definition) is 0. The lowest BCUT2D eigenvalue weighted by atomic mass is 9.77. The van der Waals surface area contributed by atoms with E-state index in [1.54, 1.807) is 0 Å². The molecule has 0 aliphatic heterocycles. The topological polar surface area (TPSA) is 0 Å². The monoisotopic (exact) mass is 484 g/mol. The molecule has 0 fully saturated rings. The van der Waals surface area contributed by atoms with Gasteiger partial charge < -0.3 is 0 Å². The van der Waals surface area contributed by atoms with Crippen LogP contribution in [0.5, 0.6) is 0 Å². The van der Waals surface area contributed by atoms with Crippen LogP contribution in [0.4, 0.5) is 0 Å². The molecule has 0 aliphatic carbocycles. The van der Waals surface area contributed by atoms with Gasteiger partial charge in [-0.3, -0.25) is 0 Å². The second kappa shape index (κ2) is 25.4. The van der Waals surface area contributed by atoms with Gasteiger partial charge in [0, 0.05) is 4.87 Å². The van der Waals surface area contributed by atoms with Crippen LogP contribution in [0.3, 0.4) is 0 Å². The van der Waals surface area contributed by atoms with Crippen LogP contribution in [0, 0.1) is 5.92 Å². The Hall–Kier alpha value is 0.290. The van der Waals surface area contributed by atoms with E-state index in [0.717, 1.165) is 5.92 Å². The summed E-state index contributed by atoms with van der Waals surface area (Å²) in [6, 6.07) is 0. The minimum atomic E-state index is 0.0764. The zero-order valence-electron chi connectivity index (χ0n) is 23.8. The molecule has 0 spiro atoms. The van der Waals surface area contributed by atoms with Gasteiger partial charge in [-0.15, -0.1) is 11.6 Å². The molecule has 0 bridgehead atoms. The second-order valence-electron chi connectivity index (χ2n) is 11.2. The van der Waals surface area contributed by atoms with Crippen molar-refractivity contribution in [3.63, 3.8) is 0 Å². The van der Waals surface area contributed by atoms with Crippen molar-refractivity contribution in [2.24, 2.45) is 5.92 Å². The largest absolute Gasteiger partial charge is 0.119 e. The summed E-state index contributed by atoms with van der Waals surface area (Å²) in [5.74, 6) is 0.744. The highest BCUT2D eigenvalue weighted by Gasteiger charge is 2.34. The van der Waals surface area contributed by atoms with E-state index in [1.807, 2.05) is 0 Å². The Bertz CT molecular complexity index is 352. The maximum atomic E-state index is 7.60. The molecule has 0 heterocycles. The van der Waals surface area contributed by atoms with Crippen LogP contribution >= 0.6 is 11.6 Å². The van der Waals surface area contributed by atoms with E-state index >= 15 is 0 Å². The first kappa shape index (κ1) is 33.3. The van der Waals surface area contributed by atoms with Crippen LogP contribution in [0.15, 0.2) is 0 Å². The van der Waals surface area contributed by atoms with Gasteiger partial charge in [0.2, 0.25) is 0 Å². The molecule has 0 aromatic heterocycles. The van der Waals surface area contributed by atoms with Gasteiger partial charge in [0.1, 0.15) is 0 Å². The molecule has 0 aromatic carbocycles. The highest BCUT2D eigenvalue weighted by molar-refractivity contribution is 6.24. The summed E-state index contributed by atoms with van der Waals surface area (Å²) in [5.41, 5.74) is 0. The molecule has 0 radical (unpaired) electrons. The Balaban J connectivity index is 4.62. The van der Waals surface area contributed by atoms with Crippen molar-refractivity contribution in [2.75, 3.05) is 0 Å². The highest BCUT2D eigenvalue weighted by Crippen LogP contribution is 2.42. The first-order valence-corrected chi connectivity index (χ1v) is 16.2. The van der Waals surface area contributed by atoms with Crippen molar-refractivity contribution in [3.05, 3.63) is 0 Å². The van der Waals surface area contributed by atoms with E-state index in [2.05, 4.69) is 27.7 Å². The number of halogens is 1. The van der Waals surface area contributed by atoms with Gasteiger partial charge >= 0.3 is 0 Å². The zero-order chi connectivity index (χ0) is 24.5. The molecule has 0 aliphatic rings. The van der Waals surface area contributed by atoms with E-state index in [1.165, 1.54) is 167 Å². The molecule has 33 heavy (non-hydrogen) atoms. The normalized spacial score (nSPS) is 13.0. The minimum absolute atomic E-state index is 0.0764. The van der Waals surface area contributed by atoms with Crippen molar-refractivity contribution in [2.45, 2.75) is 200 Å². The lowest BCUT2D eigenvalue weighted by molar-refractivity contribution is 0.263. The molecular weight excluding hydrogens is 420 g/mol. The first-order valence-electron chi connectivity index (χ1n) is 15.8. The third-order valence-electron chi connectivity index (χ3n) is 7.94. The first-order chi connectivity index (χ1) is 16.1. The molecule has 1 unspecified atom stereocenters. The molecule has 1 atom stereocenters. The average Bonchev–Trinajstić information content (AvgIpc) is 2.82. The summed E-state index contributed by atoms with van der Waals surface area (Å²) in [5, 5.41) is 0. The second-order valence-corrected chi connectivity index (χ2v) is 11.9. The number of hydrogen-bond acceptors (Lipinski definition) is 0. The molecule has 0 saturated heterocycles. The minimum Gasteiger partial charge on any atom is -0.119 e. The molecule has 0 aromatic rings. The van der Waals surface area contributed by atoms with Gasteiger partial charge in [-0.1, -0.05) is 169 Å². The van der Waals surface area contributed by atoms with Crippen LogP contribution in [-0.2, 0) is 0 Å². The van der Waals surface area contributed by atoms with E-state index < -0.39 is 0 Å². The Morgan fingerprint density at radius 3 is 1.03 bits per heavy atom. The van der Waals surface area contributed by atoms with Crippen molar-refractivity contribution >= 4 is 11.6 Å². The van der Waals surface area contributed by atoms with Crippen molar-refractivity contribution in [1.82, 2.24) is 0 Å². The summed E-state index contributed by atoms with van der Waals surface area (Å²) < 4.78 is 0. The predicted octanol–water partition coefficient (Wildman–Crippen LogP) is 12.8. The van der Waals surface area contributed by atoms with E-state index in [4.69, 9.17) is 11.6 Å². The van der Waals surface area contributed by atoms with E-state index in [9.17, 15) is 0 Å². The Kier molecular flexibility index (Phi) is 25.6. The van der Waals surface area contributed by atoms with Crippen molar-refractivity contribution in [3.8, 4) is 0 Å². The molecule has 0 N–H and O–H groups in total. The maximum absolute atomic E-state index is 7.60. The summed E-state index contributed by atoms with van der Waals surface area (Å²) in [6.07, 6.45) is 36.0. The van der Waals surface area contributed by atoms with Gasteiger partial charge in [0.15, 0.2) is 0 Å². The quantitative estimate of drug-likeness (QED) is 0.0802. The SMILES string of the molecule is CCCCCCCCCCCCC(CCCCCC)C(Cl)(CCCCCC)CCCCCC. The average molecular weight is 485 g/mol. The van der Waals surface area contributed by atoms with Gasteiger partial charge in [-0.2, -0.15) is 0 Å². The Labute approximate surface area is 216 Å². The molecular formula is C32H65Cl. The van der Waals surface area contributed by atoms with Gasteiger partial charge in [0.25, 0.3) is 0 Å². The fourth-order valence-electron chi connectivity index (χ4n) is 5.58. The number of unbranched alkanes of at least 4 members (excludes halogenated alkanes) is 18. The third-order valence-corrected chi connectivity index (χ3v) is 8.62. The van der Waals surface area contributed by atoms with Crippen LogP contribution in [0.1, 0.15) is 195 Å². The van der Waals surface area contributed by atoms with E-state index in [0.29, 0.717) is 0 Å². The molecule has 1 heteroatoms. The van der Waals surface area contributed by atoms with Crippen LogP contribution in [0.2, 0.25) is 0 Å². The number of alkyl halides is 1. The highest BCUT2D eigenvalue weighted by atomic mass is 35.5. The van der Waals surface area contributed by atoms with Crippen molar-refractivity contribution in [1.29, 1.82) is 0 Å². The fraction of sp³-hybridized carbons (Fsp3) is 1.00. The lowest BCUT2D eigenvalue weighted by Gasteiger charge is -2.37. The summed E-state index contributed by atoms with van der Waals surface area (Å²) in [4.78, 5) is 0.0764. The fourth-order valence-corrected chi connectivity index (χ4v) is 6.07. The zero-order valence-corrected chi connectivity index (χ0v) is 24.6. The van der Waals surface area contributed by atoms with Gasteiger partial charge in [-0.25, -0.2) is 0 Å². The standard InChI is InChI=1S/C32H65Cl/c1-5-9-13-17-18-19-20-21-22-24-28-31(27-23-14-10-6-2)32(33,29-25-15-11-7-3)30-26-16-12-8-4/h31H,5-30H2,1-4H3. The van der Waals surface area contributed by atoms with Crippen LogP contribution in [0.25, 0.3) is 0 Å². The summed E-state index contributed by atoms with van der Waals surface area (Å²) in [7, 11) is 0. The van der Waals surface area contributed by atoms with Gasteiger partial charge in [0.05, 0.1) is 0 Å². The van der Waals surface area contributed by atoms with Gasteiger partial charge in [-0.05, 0) is 31.6 Å². The van der Waals surface area contributed by atoms with Crippen LogP contribution < -0.4 is 0 Å². The molecule has 0 saturated carbocycles. The van der Waals surface area contributed by atoms with Crippen LogP contribution in [-0.4, -0.2) is 4.87 Å². The molecule has 0 rings (SSSR count). The predicted molar refractivity (Wildman–Crippen MR) is 155 cm³/mol. The maximum Gasteiger partial charge on any atom is 0.0475 e. The third kappa shape index (κ3) is 20.2. The van der Waals surface area contributed by atoms with E-state index in [-0.39, 0.29) is 4.87 Å². The summed E-state index contributed by atoms with van der Waals surface area (Å²) >= 11 is 7.60. The molecule has 0 amide bonds. The Morgan fingerprint density at radius 2 is 0.667 bits per heavy atom. The summed E-state index contributed by atoms with van der Waals surface area (Å²) in [6.45, 7) is 9.28. The molecule has 200 valence electrons. The Morgan fingerprint density at radius 1 is 0.394 bits per heavy atom. The number of rotatable bonds is 27.